The van der Waals surface area contributed by atoms with Crippen molar-refractivity contribution in [2.45, 2.75) is 80.3 Å². The molecule has 0 heterocycles. The van der Waals surface area contributed by atoms with Gasteiger partial charge in [-0.1, -0.05) is 41.5 Å². The fourth-order valence-corrected chi connectivity index (χ4v) is 3.65. The van der Waals surface area contributed by atoms with Crippen molar-refractivity contribution in [1.29, 1.82) is 0 Å². The Balaban J connectivity index is 3.29. The summed E-state index contributed by atoms with van der Waals surface area (Å²) in [5, 5.41) is 3.02. The van der Waals surface area contributed by atoms with E-state index in [9.17, 15) is 9.59 Å². The fraction of sp³-hybridized carbons (Fsp3) is 0.680. The topological polar surface area (TPSA) is 52.7 Å². The number of nitrogens with one attached hydrogen (secondary N) is 1. The van der Waals surface area contributed by atoms with Gasteiger partial charge < -0.3 is 15.1 Å². The lowest BCUT2D eigenvalue weighted by atomic mass is 9.96. The highest BCUT2D eigenvalue weighted by atomic mass is 16.2. The summed E-state index contributed by atoms with van der Waals surface area (Å²) in [5.41, 5.74) is 2.90. The third kappa shape index (κ3) is 7.33. The van der Waals surface area contributed by atoms with Gasteiger partial charge in [-0.3, -0.25) is 9.59 Å². The van der Waals surface area contributed by atoms with E-state index in [1.807, 2.05) is 51.0 Å². The predicted octanol–water partition coefficient (Wildman–Crippen LogP) is 5.55. The summed E-state index contributed by atoms with van der Waals surface area (Å²) in [7, 11) is 4.02. The molecule has 0 aliphatic rings. The molecule has 0 aliphatic heterocycles. The van der Waals surface area contributed by atoms with Crippen LogP contribution in [0.2, 0.25) is 0 Å². The zero-order valence-corrected chi connectivity index (χ0v) is 20.6. The molecule has 2 amide bonds. The zero-order valence-electron chi connectivity index (χ0n) is 20.6. The van der Waals surface area contributed by atoms with E-state index in [0.29, 0.717) is 24.8 Å². The minimum atomic E-state index is 0.0223. The minimum absolute atomic E-state index is 0.0223. The molecular formula is C25H43N3O2. The highest BCUT2D eigenvalue weighted by Crippen LogP contribution is 2.28. The van der Waals surface area contributed by atoms with Crippen LogP contribution in [0.1, 0.15) is 73.3 Å². The first kappa shape index (κ1) is 26.0. The lowest BCUT2D eigenvalue weighted by molar-refractivity contribution is -0.139. The molecule has 0 aliphatic carbocycles. The maximum Gasteiger partial charge on any atom is 0.226 e. The third-order valence-electron chi connectivity index (χ3n) is 5.85. The predicted molar refractivity (Wildman–Crippen MR) is 128 cm³/mol. The molecule has 0 saturated heterocycles. The fourth-order valence-electron chi connectivity index (χ4n) is 3.65. The monoisotopic (exact) mass is 417 g/mol. The van der Waals surface area contributed by atoms with E-state index in [-0.39, 0.29) is 23.8 Å². The minimum Gasteiger partial charge on any atom is -0.377 e. The highest BCUT2D eigenvalue weighted by molar-refractivity contribution is 5.91. The van der Waals surface area contributed by atoms with Gasteiger partial charge in [0.25, 0.3) is 0 Å². The number of benzene rings is 1. The van der Waals surface area contributed by atoms with Crippen LogP contribution in [-0.2, 0) is 16.1 Å². The van der Waals surface area contributed by atoms with Crippen molar-refractivity contribution < 1.29 is 9.59 Å². The molecule has 5 nitrogen and oxygen atoms in total. The maximum absolute atomic E-state index is 13.4. The van der Waals surface area contributed by atoms with Crippen LogP contribution >= 0.6 is 0 Å². The molecule has 0 unspecified atom stereocenters. The molecule has 1 N–H and O–H groups in total. The van der Waals surface area contributed by atoms with Gasteiger partial charge in [-0.25, -0.2) is 0 Å². The van der Waals surface area contributed by atoms with E-state index in [4.69, 9.17) is 0 Å². The van der Waals surface area contributed by atoms with Crippen LogP contribution < -0.4 is 10.2 Å². The maximum atomic E-state index is 13.4. The Hall–Kier alpha value is -2.04. The van der Waals surface area contributed by atoms with Gasteiger partial charge >= 0.3 is 0 Å². The normalized spacial score (nSPS) is 12.4. The van der Waals surface area contributed by atoms with E-state index in [0.717, 1.165) is 29.8 Å². The first-order valence-corrected chi connectivity index (χ1v) is 11.4. The number of hydrogen-bond donors (Lipinski definition) is 1. The van der Waals surface area contributed by atoms with Crippen LogP contribution in [-0.4, -0.2) is 36.9 Å². The summed E-state index contributed by atoms with van der Waals surface area (Å²) >= 11 is 0. The molecular weight excluding hydrogens is 374 g/mol. The van der Waals surface area contributed by atoms with Crippen LogP contribution in [0.4, 0.5) is 11.4 Å². The Morgan fingerprint density at radius 1 is 1.00 bits per heavy atom. The number of carbonyl (C=O) groups excluding carboxylic acids is 2. The standard InChI is InChI=1S/C25H43N3O2/c1-10-20(11-2)25(30)28(19(7)18(5)6)16-21-15-22(12-13-23(21)27(8)9)26-24(29)14-17(3)4/h12-13,15,17-20H,10-11,14,16H2,1-9H3,(H,26,29)/t19-/m0/s1. The number of hydrogen-bond acceptors (Lipinski definition) is 3. The van der Waals surface area contributed by atoms with Crippen molar-refractivity contribution in [2.24, 2.45) is 17.8 Å². The van der Waals surface area contributed by atoms with Crippen LogP contribution in [0.25, 0.3) is 0 Å². The number of nitrogens with zero attached hydrogens (tertiary/aromatic N) is 2. The Morgan fingerprint density at radius 2 is 1.60 bits per heavy atom. The second-order valence-electron chi connectivity index (χ2n) is 9.35. The molecule has 1 atom stereocenters. The lowest BCUT2D eigenvalue weighted by Crippen LogP contribution is -2.44. The van der Waals surface area contributed by atoms with E-state index >= 15 is 0 Å². The van der Waals surface area contributed by atoms with Gasteiger partial charge in [0.2, 0.25) is 11.8 Å². The second-order valence-corrected chi connectivity index (χ2v) is 9.35. The van der Waals surface area contributed by atoms with Gasteiger partial charge in [-0.2, -0.15) is 0 Å². The summed E-state index contributed by atoms with van der Waals surface area (Å²) in [6, 6.07) is 6.12. The van der Waals surface area contributed by atoms with E-state index in [1.165, 1.54) is 0 Å². The second kappa shape index (κ2) is 12.0. The average Bonchev–Trinajstić information content (AvgIpc) is 2.65. The average molecular weight is 418 g/mol. The number of carbonyl (C=O) groups is 2. The smallest absolute Gasteiger partial charge is 0.226 e. The third-order valence-corrected chi connectivity index (χ3v) is 5.85. The van der Waals surface area contributed by atoms with Crippen molar-refractivity contribution in [3.8, 4) is 0 Å². The first-order valence-electron chi connectivity index (χ1n) is 11.4. The summed E-state index contributed by atoms with van der Waals surface area (Å²) in [6.45, 7) is 15.2. The molecule has 0 radical (unpaired) electrons. The van der Waals surface area contributed by atoms with Crippen molar-refractivity contribution in [2.75, 3.05) is 24.3 Å². The van der Waals surface area contributed by atoms with Crippen LogP contribution in [0.5, 0.6) is 0 Å². The Morgan fingerprint density at radius 3 is 2.07 bits per heavy atom. The quantitative estimate of drug-likeness (QED) is 0.514. The lowest BCUT2D eigenvalue weighted by Gasteiger charge is -2.35. The number of rotatable bonds is 11. The molecule has 1 rings (SSSR count). The summed E-state index contributed by atoms with van der Waals surface area (Å²) in [6.07, 6.45) is 2.19. The largest absolute Gasteiger partial charge is 0.377 e. The molecule has 1 aromatic rings. The van der Waals surface area contributed by atoms with Gasteiger partial charge in [0.15, 0.2) is 0 Å². The molecule has 0 bridgehead atoms. The zero-order chi connectivity index (χ0) is 23.0. The van der Waals surface area contributed by atoms with Gasteiger partial charge in [0.05, 0.1) is 0 Å². The molecule has 1 aromatic carbocycles. The molecule has 30 heavy (non-hydrogen) atoms. The number of amides is 2. The van der Waals surface area contributed by atoms with Crippen LogP contribution in [0.15, 0.2) is 18.2 Å². The molecule has 170 valence electrons. The van der Waals surface area contributed by atoms with Crippen LogP contribution in [0, 0.1) is 17.8 Å². The van der Waals surface area contributed by atoms with E-state index in [1.54, 1.807) is 0 Å². The molecule has 0 spiro atoms. The molecule has 0 aromatic heterocycles. The SMILES string of the molecule is CCC(CC)C(=O)N(Cc1cc(NC(=O)CC(C)C)ccc1N(C)C)[C@@H](C)C(C)C. The molecule has 0 fully saturated rings. The van der Waals surface area contributed by atoms with E-state index < -0.39 is 0 Å². The van der Waals surface area contributed by atoms with Gasteiger partial charge in [0.1, 0.15) is 0 Å². The summed E-state index contributed by atoms with van der Waals surface area (Å²) < 4.78 is 0. The summed E-state index contributed by atoms with van der Waals surface area (Å²) in [5.74, 6) is 0.961. The highest BCUT2D eigenvalue weighted by Gasteiger charge is 2.28. The van der Waals surface area contributed by atoms with Crippen molar-refractivity contribution >= 4 is 23.2 Å². The van der Waals surface area contributed by atoms with Gasteiger partial charge in [-0.15, -0.1) is 0 Å². The van der Waals surface area contributed by atoms with E-state index in [2.05, 4.69) is 44.8 Å². The molecule has 5 heteroatoms. The van der Waals surface area contributed by atoms with Crippen molar-refractivity contribution in [3.63, 3.8) is 0 Å². The van der Waals surface area contributed by atoms with Crippen molar-refractivity contribution in [1.82, 2.24) is 4.90 Å². The first-order chi connectivity index (χ1) is 14.0. The van der Waals surface area contributed by atoms with Gasteiger partial charge in [-0.05, 0) is 55.4 Å². The summed E-state index contributed by atoms with van der Waals surface area (Å²) in [4.78, 5) is 29.7. The van der Waals surface area contributed by atoms with Crippen LogP contribution in [0.3, 0.4) is 0 Å². The van der Waals surface area contributed by atoms with Crippen molar-refractivity contribution in [3.05, 3.63) is 23.8 Å². The Labute approximate surface area is 184 Å². The Kier molecular flexibility index (Phi) is 10.4. The van der Waals surface area contributed by atoms with Gasteiger partial charge in [0, 0.05) is 50.4 Å². The number of anilines is 2. The Bertz CT molecular complexity index is 694. The molecule has 0 saturated carbocycles.